The Morgan fingerprint density at radius 1 is 1.03 bits per heavy atom. The smallest absolute Gasteiger partial charge is 0.328 e. The van der Waals surface area contributed by atoms with Crippen LogP contribution in [0.1, 0.15) is 16.1 Å². The number of hydrogen-bond acceptors (Lipinski definition) is 5. The molecule has 1 amide bonds. The number of hydrogen-bond donors (Lipinski definition) is 2. The quantitative estimate of drug-likeness (QED) is 0.577. The monoisotopic (exact) mass is 395 g/mol. The summed E-state index contributed by atoms with van der Waals surface area (Å²) >= 11 is 0. The third kappa shape index (κ3) is 5.24. The molecule has 2 aromatic carbocycles. The Bertz CT molecular complexity index is 966. The zero-order chi connectivity index (χ0) is 20.6. The van der Waals surface area contributed by atoms with E-state index in [2.05, 4.69) is 5.32 Å². The normalized spacial score (nSPS) is 11.6. The molecule has 0 spiro atoms. The van der Waals surface area contributed by atoms with E-state index in [9.17, 15) is 14.7 Å². The van der Waals surface area contributed by atoms with E-state index < -0.39 is 17.9 Å². The molecule has 7 heteroatoms. The summed E-state index contributed by atoms with van der Waals surface area (Å²) in [5.74, 6) is -0.781. The molecule has 0 aliphatic rings. The van der Waals surface area contributed by atoms with Crippen molar-refractivity contribution < 1.29 is 28.6 Å². The standard InChI is InChI=1S/C22H21NO6/c1-27-18-10-6-5-9-16(18)19-11-12-20(29-19)21(24)23-17(22(25)26)14-28-13-15-7-3-2-4-8-15/h2-12,17H,13-14H2,1H3,(H,23,24)(H,25,26). The number of methoxy groups -OCH3 is 1. The molecule has 0 aliphatic heterocycles. The highest BCUT2D eigenvalue weighted by Gasteiger charge is 2.23. The molecular formula is C22H21NO6. The number of rotatable bonds is 9. The molecule has 2 N–H and O–H groups in total. The highest BCUT2D eigenvalue weighted by Crippen LogP contribution is 2.30. The van der Waals surface area contributed by atoms with Crippen molar-refractivity contribution in [3.05, 3.63) is 78.1 Å². The minimum atomic E-state index is -1.20. The largest absolute Gasteiger partial charge is 0.496 e. The van der Waals surface area contributed by atoms with E-state index in [1.807, 2.05) is 42.5 Å². The molecule has 1 atom stereocenters. The van der Waals surface area contributed by atoms with Crippen LogP contribution in [-0.2, 0) is 16.1 Å². The molecule has 150 valence electrons. The van der Waals surface area contributed by atoms with E-state index in [0.717, 1.165) is 5.56 Å². The Hall–Kier alpha value is -3.58. The molecule has 0 saturated carbocycles. The van der Waals surface area contributed by atoms with Crippen LogP contribution in [0.2, 0.25) is 0 Å². The Morgan fingerprint density at radius 3 is 2.48 bits per heavy atom. The molecule has 0 bridgehead atoms. The summed E-state index contributed by atoms with van der Waals surface area (Å²) in [6.45, 7) is 0.0786. The fourth-order valence-electron chi connectivity index (χ4n) is 2.73. The van der Waals surface area contributed by atoms with Gasteiger partial charge in [0.05, 0.1) is 25.9 Å². The predicted octanol–water partition coefficient (Wildman–Crippen LogP) is 3.36. The van der Waals surface area contributed by atoms with Crippen LogP contribution in [0.4, 0.5) is 0 Å². The van der Waals surface area contributed by atoms with Crippen molar-refractivity contribution in [2.45, 2.75) is 12.6 Å². The van der Waals surface area contributed by atoms with Crippen LogP contribution in [0.5, 0.6) is 5.75 Å². The molecule has 0 aliphatic carbocycles. The van der Waals surface area contributed by atoms with Crippen LogP contribution in [-0.4, -0.2) is 36.7 Å². The number of nitrogens with one attached hydrogen (secondary N) is 1. The maximum atomic E-state index is 12.4. The first kappa shape index (κ1) is 20.2. The average Bonchev–Trinajstić information content (AvgIpc) is 3.24. The highest BCUT2D eigenvalue weighted by molar-refractivity contribution is 5.94. The van der Waals surface area contributed by atoms with E-state index in [0.29, 0.717) is 17.1 Å². The molecule has 1 unspecified atom stereocenters. The van der Waals surface area contributed by atoms with E-state index in [1.165, 1.54) is 6.07 Å². The number of para-hydroxylation sites is 1. The van der Waals surface area contributed by atoms with E-state index in [-0.39, 0.29) is 19.0 Å². The third-order valence-electron chi connectivity index (χ3n) is 4.20. The van der Waals surface area contributed by atoms with Crippen molar-refractivity contribution in [3.63, 3.8) is 0 Å². The van der Waals surface area contributed by atoms with Crippen LogP contribution in [0, 0.1) is 0 Å². The van der Waals surface area contributed by atoms with Crippen LogP contribution in [0.25, 0.3) is 11.3 Å². The van der Waals surface area contributed by atoms with Crippen molar-refractivity contribution >= 4 is 11.9 Å². The van der Waals surface area contributed by atoms with E-state index >= 15 is 0 Å². The Labute approximate surface area is 167 Å². The number of amides is 1. The van der Waals surface area contributed by atoms with Crippen LogP contribution < -0.4 is 10.1 Å². The lowest BCUT2D eigenvalue weighted by Gasteiger charge is -2.14. The van der Waals surface area contributed by atoms with E-state index in [4.69, 9.17) is 13.9 Å². The van der Waals surface area contributed by atoms with Gasteiger partial charge in [-0.2, -0.15) is 0 Å². The minimum Gasteiger partial charge on any atom is -0.496 e. The molecule has 1 aromatic heterocycles. The number of aliphatic carboxylic acids is 1. The maximum absolute atomic E-state index is 12.4. The molecule has 29 heavy (non-hydrogen) atoms. The average molecular weight is 395 g/mol. The maximum Gasteiger partial charge on any atom is 0.328 e. The number of carboxylic acid groups (broad SMARTS) is 1. The number of benzene rings is 2. The third-order valence-corrected chi connectivity index (χ3v) is 4.20. The summed E-state index contributed by atoms with van der Waals surface area (Å²) in [6.07, 6.45) is 0. The second kappa shape index (κ2) is 9.57. The first-order chi connectivity index (χ1) is 14.1. The molecule has 0 fully saturated rings. The summed E-state index contributed by atoms with van der Waals surface area (Å²) in [7, 11) is 1.54. The molecule has 0 saturated heterocycles. The SMILES string of the molecule is COc1ccccc1-c1ccc(C(=O)NC(COCc2ccccc2)C(=O)O)o1. The number of furan rings is 1. The zero-order valence-electron chi connectivity index (χ0n) is 15.8. The second-order valence-electron chi connectivity index (χ2n) is 6.23. The lowest BCUT2D eigenvalue weighted by molar-refractivity contribution is -0.141. The zero-order valence-corrected chi connectivity index (χ0v) is 15.8. The lowest BCUT2D eigenvalue weighted by Crippen LogP contribution is -2.43. The second-order valence-corrected chi connectivity index (χ2v) is 6.23. The topological polar surface area (TPSA) is 98.0 Å². The summed E-state index contributed by atoms with van der Waals surface area (Å²) in [5.41, 5.74) is 1.60. The lowest BCUT2D eigenvalue weighted by atomic mass is 10.1. The molecule has 0 radical (unpaired) electrons. The first-order valence-corrected chi connectivity index (χ1v) is 8.97. The van der Waals surface area contributed by atoms with Gasteiger partial charge in [-0.15, -0.1) is 0 Å². The minimum absolute atomic E-state index is 0.000200. The summed E-state index contributed by atoms with van der Waals surface area (Å²) in [5, 5.41) is 11.8. The van der Waals surface area contributed by atoms with Gasteiger partial charge >= 0.3 is 5.97 Å². The Morgan fingerprint density at radius 2 is 1.76 bits per heavy atom. The molecular weight excluding hydrogens is 374 g/mol. The number of carbonyl (C=O) groups excluding carboxylic acids is 1. The summed E-state index contributed by atoms with van der Waals surface area (Å²) < 4.78 is 16.3. The fraction of sp³-hybridized carbons (Fsp3) is 0.182. The van der Waals surface area contributed by atoms with Crippen LogP contribution in [0.3, 0.4) is 0 Å². The Kier molecular flexibility index (Phi) is 6.65. The van der Waals surface area contributed by atoms with Crippen molar-refractivity contribution in [1.29, 1.82) is 0 Å². The van der Waals surface area contributed by atoms with Crippen LogP contribution in [0.15, 0.2) is 71.1 Å². The summed E-state index contributed by atoms with van der Waals surface area (Å²) in [6, 6.07) is 18.5. The predicted molar refractivity (Wildman–Crippen MR) is 106 cm³/mol. The van der Waals surface area contributed by atoms with Crippen LogP contribution >= 0.6 is 0 Å². The molecule has 7 nitrogen and oxygen atoms in total. The van der Waals surface area contributed by atoms with Crippen molar-refractivity contribution in [2.24, 2.45) is 0 Å². The number of ether oxygens (including phenoxy) is 2. The van der Waals surface area contributed by atoms with Gasteiger partial charge in [-0.3, -0.25) is 4.79 Å². The van der Waals surface area contributed by atoms with E-state index in [1.54, 1.807) is 25.3 Å². The van der Waals surface area contributed by atoms with Gasteiger partial charge in [-0.05, 0) is 29.8 Å². The highest BCUT2D eigenvalue weighted by atomic mass is 16.5. The molecule has 1 heterocycles. The van der Waals surface area contributed by atoms with Gasteiger partial charge in [0.15, 0.2) is 11.8 Å². The number of carbonyl (C=O) groups is 2. The van der Waals surface area contributed by atoms with Gasteiger partial charge < -0.3 is 24.3 Å². The Balaban J connectivity index is 1.63. The van der Waals surface area contributed by atoms with Gasteiger partial charge in [-0.1, -0.05) is 42.5 Å². The fourth-order valence-corrected chi connectivity index (χ4v) is 2.73. The first-order valence-electron chi connectivity index (χ1n) is 8.97. The van der Waals surface area contributed by atoms with Crippen molar-refractivity contribution in [2.75, 3.05) is 13.7 Å². The van der Waals surface area contributed by atoms with Gasteiger partial charge in [0, 0.05) is 0 Å². The van der Waals surface area contributed by atoms with Crippen molar-refractivity contribution in [1.82, 2.24) is 5.32 Å². The van der Waals surface area contributed by atoms with Gasteiger partial charge in [0.1, 0.15) is 11.5 Å². The summed E-state index contributed by atoms with van der Waals surface area (Å²) in [4.78, 5) is 23.9. The number of carboxylic acids is 1. The van der Waals surface area contributed by atoms with Crippen molar-refractivity contribution in [3.8, 4) is 17.1 Å². The molecule has 3 rings (SSSR count). The van der Waals surface area contributed by atoms with Gasteiger partial charge in [-0.25, -0.2) is 4.79 Å². The van der Waals surface area contributed by atoms with Gasteiger partial charge in [0.25, 0.3) is 5.91 Å². The van der Waals surface area contributed by atoms with Gasteiger partial charge in [0.2, 0.25) is 0 Å². The molecule has 3 aromatic rings.